The van der Waals surface area contributed by atoms with Crippen molar-refractivity contribution in [3.05, 3.63) is 34.4 Å². The Bertz CT molecular complexity index is 432. The van der Waals surface area contributed by atoms with E-state index < -0.39 is 17.2 Å². The smallest absolute Gasteiger partial charge is 0.147 e. The first-order valence-electron chi connectivity index (χ1n) is 4.53. The van der Waals surface area contributed by atoms with E-state index in [1.807, 2.05) is 6.92 Å². The maximum Gasteiger partial charge on any atom is 0.147 e. The van der Waals surface area contributed by atoms with Crippen molar-refractivity contribution in [3.8, 4) is 6.07 Å². The highest BCUT2D eigenvalue weighted by molar-refractivity contribution is 5.43. The quantitative estimate of drug-likeness (QED) is 0.621. The molecule has 1 nitrogen and oxygen atoms in total. The van der Waals surface area contributed by atoms with E-state index in [0.717, 1.165) is 0 Å². The van der Waals surface area contributed by atoms with E-state index in [-0.39, 0.29) is 0 Å². The van der Waals surface area contributed by atoms with Crippen LogP contribution in [-0.4, -0.2) is 0 Å². The molecule has 0 heterocycles. The van der Waals surface area contributed by atoms with Crippen LogP contribution in [0.5, 0.6) is 0 Å². The van der Waals surface area contributed by atoms with Gasteiger partial charge in [0.1, 0.15) is 23.3 Å². The van der Waals surface area contributed by atoms with Gasteiger partial charge in [-0.1, -0.05) is 6.92 Å². The molecule has 0 aliphatic heterocycles. The molecule has 1 aromatic rings. The summed E-state index contributed by atoms with van der Waals surface area (Å²) in [5.74, 6) is -1.06. The molecule has 2 rings (SSSR count). The molecule has 0 bridgehead atoms. The van der Waals surface area contributed by atoms with Crippen LogP contribution in [0.4, 0.5) is 8.78 Å². The Balaban J connectivity index is 2.64. The molecule has 0 aromatic heterocycles. The van der Waals surface area contributed by atoms with Gasteiger partial charge in [0, 0.05) is 0 Å². The Morgan fingerprint density at radius 3 is 2.79 bits per heavy atom. The van der Waals surface area contributed by atoms with Gasteiger partial charge in [-0.05, 0) is 36.0 Å². The second-order valence-electron chi connectivity index (χ2n) is 3.81. The Morgan fingerprint density at radius 2 is 2.14 bits per heavy atom. The SMILES string of the molecule is CC1Cc2cc(F)c(C#N)c(F)c2C1. The number of rotatable bonds is 0. The fourth-order valence-electron chi connectivity index (χ4n) is 2.01. The van der Waals surface area contributed by atoms with Gasteiger partial charge in [-0.3, -0.25) is 0 Å². The van der Waals surface area contributed by atoms with Crippen LogP contribution in [0.3, 0.4) is 0 Å². The van der Waals surface area contributed by atoms with E-state index in [0.29, 0.717) is 29.9 Å². The summed E-state index contributed by atoms with van der Waals surface area (Å²) in [6.07, 6.45) is 1.31. The van der Waals surface area contributed by atoms with Crippen LogP contribution in [0.1, 0.15) is 23.6 Å². The molecule has 0 amide bonds. The Kier molecular flexibility index (Phi) is 1.99. The van der Waals surface area contributed by atoms with Gasteiger partial charge in [-0.25, -0.2) is 8.78 Å². The van der Waals surface area contributed by atoms with Gasteiger partial charge in [0.05, 0.1) is 0 Å². The van der Waals surface area contributed by atoms with Crippen LogP contribution in [0.25, 0.3) is 0 Å². The van der Waals surface area contributed by atoms with Gasteiger partial charge in [-0.15, -0.1) is 0 Å². The van der Waals surface area contributed by atoms with Crippen molar-refractivity contribution in [2.75, 3.05) is 0 Å². The van der Waals surface area contributed by atoms with Gasteiger partial charge in [0.2, 0.25) is 0 Å². The number of nitrogens with zero attached hydrogens (tertiary/aromatic N) is 1. The van der Waals surface area contributed by atoms with Gasteiger partial charge in [0.15, 0.2) is 0 Å². The van der Waals surface area contributed by atoms with Gasteiger partial charge >= 0.3 is 0 Å². The summed E-state index contributed by atoms with van der Waals surface area (Å²) in [7, 11) is 0. The monoisotopic (exact) mass is 193 g/mol. The number of hydrogen-bond donors (Lipinski definition) is 0. The lowest BCUT2D eigenvalue weighted by Gasteiger charge is -2.03. The molecular weight excluding hydrogens is 184 g/mol. The molecule has 1 aliphatic carbocycles. The van der Waals surface area contributed by atoms with Crippen molar-refractivity contribution >= 4 is 0 Å². The molecule has 3 heteroatoms. The number of benzene rings is 1. The Hall–Kier alpha value is -1.43. The summed E-state index contributed by atoms with van der Waals surface area (Å²) in [6, 6.07) is 2.85. The molecule has 0 N–H and O–H groups in total. The van der Waals surface area contributed by atoms with Crippen molar-refractivity contribution in [1.82, 2.24) is 0 Å². The third-order valence-corrected chi connectivity index (χ3v) is 2.64. The second kappa shape index (κ2) is 3.06. The van der Waals surface area contributed by atoms with Crippen molar-refractivity contribution < 1.29 is 8.78 Å². The first-order chi connectivity index (χ1) is 6.63. The van der Waals surface area contributed by atoms with Crippen LogP contribution in [0.15, 0.2) is 6.07 Å². The molecular formula is C11H9F2N. The van der Waals surface area contributed by atoms with Crippen LogP contribution >= 0.6 is 0 Å². The number of halogens is 2. The third kappa shape index (κ3) is 1.19. The van der Waals surface area contributed by atoms with E-state index in [1.165, 1.54) is 6.07 Å². The summed E-state index contributed by atoms with van der Waals surface area (Å²) in [4.78, 5) is 0. The molecule has 0 saturated carbocycles. The highest BCUT2D eigenvalue weighted by Crippen LogP contribution is 2.31. The van der Waals surface area contributed by atoms with Crippen molar-refractivity contribution in [2.24, 2.45) is 5.92 Å². The lowest BCUT2D eigenvalue weighted by molar-refractivity contribution is 0.562. The van der Waals surface area contributed by atoms with Crippen LogP contribution < -0.4 is 0 Å². The van der Waals surface area contributed by atoms with Crippen LogP contribution in [0.2, 0.25) is 0 Å². The molecule has 1 aromatic carbocycles. The van der Waals surface area contributed by atoms with Crippen LogP contribution in [-0.2, 0) is 12.8 Å². The standard InChI is InChI=1S/C11H9F2N/c1-6-2-7-4-10(12)9(5-14)11(13)8(7)3-6/h4,6H,2-3H2,1H3. The zero-order valence-electron chi connectivity index (χ0n) is 7.77. The maximum atomic E-state index is 13.5. The highest BCUT2D eigenvalue weighted by atomic mass is 19.1. The zero-order valence-corrected chi connectivity index (χ0v) is 7.77. The first kappa shape index (κ1) is 9.14. The molecule has 72 valence electrons. The normalized spacial score (nSPS) is 19.1. The largest absolute Gasteiger partial charge is 0.205 e. The highest BCUT2D eigenvalue weighted by Gasteiger charge is 2.25. The second-order valence-corrected chi connectivity index (χ2v) is 3.81. The minimum Gasteiger partial charge on any atom is -0.205 e. The summed E-state index contributed by atoms with van der Waals surface area (Å²) >= 11 is 0. The maximum absolute atomic E-state index is 13.5. The fourth-order valence-corrected chi connectivity index (χ4v) is 2.01. The minimum atomic E-state index is -0.738. The molecule has 1 aliphatic rings. The topological polar surface area (TPSA) is 23.8 Å². The summed E-state index contributed by atoms with van der Waals surface area (Å²) in [5.41, 5.74) is 0.791. The number of hydrogen-bond acceptors (Lipinski definition) is 1. The predicted octanol–water partition coefficient (Wildman–Crippen LogP) is 2.57. The van der Waals surface area contributed by atoms with Gasteiger partial charge in [0.25, 0.3) is 0 Å². The molecule has 0 spiro atoms. The van der Waals surface area contributed by atoms with Crippen molar-refractivity contribution in [2.45, 2.75) is 19.8 Å². The molecule has 1 unspecified atom stereocenters. The lowest BCUT2D eigenvalue weighted by atomic mass is 10.1. The summed E-state index contributed by atoms with van der Waals surface area (Å²) < 4.78 is 26.7. The Morgan fingerprint density at radius 1 is 1.43 bits per heavy atom. The van der Waals surface area contributed by atoms with Gasteiger partial charge < -0.3 is 0 Å². The van der Waals surface area contributed by atoms with Gasteiger partial charge in [-0.2, -0.15) is 5.26 Å². The van der Waals surface area contributed by atoms with E-state index >= 15 is 0 Å². The summed E-state index contributed by atoms with van der Waals surface area (Å²) in [6.45, 7) is 1.99. The van der Waals surface area contributed by atoms with Crippen molar-refractivity contribution in [1.29, 1.82) is 5.26 Å². The van der Waals surface area contributed by atoms with E-state index in [1.54, 1.807) is 6.07 Å². The van der Waals surface area contributed by atoms with E-state index in [2.05, 4.69) is 0 Å². The molecule has 0 fully saturated rings. The molecule has 14 heavy (non-hydrogen) atoms. The van der Waals surface area contributed by atoms with Crippen molar-refractivity contribution in [3.63, 3.8) is 0 Å². The zero-order chi connectivity index (χ0) is 10.3. The average Bonchev–Trinajstić information content (AvgIpc) is 2.47. The number of nitriles is 1. The average molecular weight is 193 g/mol. The minimum absolute atomic E-state index is 0.341. The van der Waals surface area contributed by atoms with Crippen LogP contribution in [0, 0.1) is 28.9 Å². The predicted molar refractivity (Wildman–Crippen MR) is 47.6 cm³/mol. The Labute approximate surface area is 81.0 Å². The third-order valence-electron chi connectivity index (χ3n) is 2.64. The molecule has 0 saturated heterocycles. The van der Waals surface area contributed by atoms with E-state index in [4.69, 9.17) is 5.26 Å². The lowest BCUT2D eigenvalue weighted by Crippen LogP contribution is -1.97. The molecule has 1 atom stereocenters. The summed E-state index contributed by atoms with van der Waals surface area (Å²) in [5, 5.41) is 8.57. The van der Waals surface area contributed by atoms with E-state index in [9.17, 15) is 8.78 Å². The first-order valence-corrected chi connectivity index (χ1v) is 4.53. The molecule has 0 radical (unpaired) electrons. The number of fused-ring (bicyclic) bond motifs is 1. The fraction of sp³-hybridized carbons (Fsp3) is 0.364.